The van der Waals surface area contributed by atoms with Gasteiger partial charge in [0, 0.05) is 37.6 Å². The third-order valence-corrected chi connectivity index (χ3v) is 5.82. The average Bonchev–Trinajstić information content (AvgIpc) is 2.91. The fourth-order valence-electron chi connectivity index (χ4n) is 2.30. The molecule has 10 heteroatoms. The van der Waals surface area contributed by atoms with Crippen LogP contribution in [-0.4, -0.2) is 63.1 Å². The van der Waals surface area contributed by atoms with E-state index in [2.05, 4.69) is 10.6 Å². The van der Waals surface area contributed by atoms with Crippen LogP contribution in [-0.2, 0) is 14.8 Å². The van der Waals surface area contributed by atoms with Crippen molar-refractivity contribution in [3.8, 4) is 0 Å². The molecular formula is C14H21Cl2N3O4S. The van der Waals surface area contributed by atoms with Crippen LogP contribution in [0.2, 0.25) is 5.02 Å². The number of likely N-dealkylation sites (N-methyl/N-ethyl adjacent to an activating group) is 1. The summed E-state index contributed by atoms with van der Waals surface area (Å²) in [5.74, 6) is -0.471. The first kappa shape index (κ1) is 21.1. The number of rotatable bonds is 6. The van der Waals surface area contributed by atoms with Crippen LogP contribution in [0.25, 0.3) is 0 Å². The second-order valence-electron chi connectivity index (χ2n) is 5.50. The molecule has 1 aliphatic rings. The third-order valence-electron chi connectivity index (χ3n) is 3.75. The van der Waals surface area contributed by atoms with E-state index in [-0.39, 0.29) is 29.8 Å². The largest absolute Gasteiger partial charge is 0.391 e. The number of hydrogen-bond acceptors (Lipinski definition) is 5. The zero-order valence-corrected chi connectivity index (χ0v) is 15.5. The number of nitrogens with one attached hydrogen (secondary N) is 2. The summed E-state index contributed by atoms with van der Waals surface area (Å²) < 4.78 is 25.7. The highest BCUT2D eigenvalue weighted by molar-refractivity contribution is 7.89. The van der Waals surface area contributed by atoms with Gasteiger partial charge in [0.25, 0.3) is 0 Å². The van der Waals surface area contributed by atoms with Gasteiger partial charge in [-0.3, -0.25) is 4.79 Å². The van der Waals surface area contributed by atoms with Crippen LogP contribution < -0.4 is 10.6 Å². The molecule has 24 heavy (non-hydrogen) atoms. The molecule has 7 nitrogen and oxygen atoms in total. The van der Waals surface area contributed by atoms with Crippen molar-refractivity contribution in [3.63, 3.8) is 0 Å². The Kier molecular flexibility index (Phi) is 7.91. The maximum Gasteiger partial charge on any atom is 0.243 e. The number of carbonyl (C=O) groups excluding carboxylic acids is 1. The van der Waals surface area contributed by atoms with E-state index < -0.39 is 22.0 Å². The van der Waals surface area contributed by atoms with E-state index >= 15 is 0 Å². The maximum atomic E-state index is 12.3. The second kappa shape index (κ2) is 8.98. The smallest absolute Gasteiger partial charge is 0.243 e. The minimum absolute atomic E-state index is 0. The number of halogens is 2. The molecule has 1 saturated heterocycles. The number of carbonyl (C=O) groups is 1. The van der Waals surface area contributed by atoms with Crippen LogP contribution >= 0.6 is 24.0 Å². The highest BCUT2D eigenvalue weighted by atomic mass is 35.5. The lowest BCUT2D eigenvalue weighted by Crippen LogP contribution is -2.41. The van der Waals surface area contributed by atoms with Crippen molar-refractivity contribution >= 4 is 39.9 Å². The number of β-amino-alcohol motifs (C(OH)–C–C–N with tert-alkyl or cyclic N) is 1. The van der Waals surface area contributed by atoms with E-state index in [1.54, 1.807) is 0 Å². The van der Waals surface area contributed by atoms with Gasteiger partial charge in [0.2, 0.25) is 15.9 Å². The number of aliphatic hydroxyl groups excluding tert-OH is 1. The molecule has 1 aliphatic heterocycles. The molecule has 136 valence electrons. The lowest BCUT2D eigenvalue weighted by Gasteiger charge is -2.18. The molecular weight excluding hydrogens is 377 g/mol. The Labute approximate surface area is 152 Å². The van der Waals surface area contributed by atoms with Crippen LogP contribution in [0.4, 0.5) is 0 Å². The fourth-order valence-corrected chi connectivity index (χ4v) is 3.56. The molecule has 3 N–H and O–H groups in total. The molecule has 0 bridgehead atoms. The van der Waals surface area contributed by atoms with E-state index in [4.69, 9.17) is 11.6 Å². The van der Waals surface area contributed by atoms with Crippen molar-refractivity contribution in [2.24, 2.45) is 5.92 Å². The topological polar surface area (TPSA) is 98.7 Å². The lowest BCUT2D eigenvalue weighted by atomic mass is 10.1. The molecule has 1 aromatic rings. The Bertz CT molecular complexity index is 654. The van der Waals surface area contributed by atoms with Gasteiger partial charge in [-0.1, -0.05) is 11.6 Å². The predicted molar refractivity (Wildman–Crippen MR) is 93.9 cm³/mol. The summed E-state index contributed by atoms with van der Waals surface area (Å²) in [6.45, 7) is 1.15. The molecule has 2 unspecified atom stereocenters. The van der Waals surface area contributed by atoms with Crippen molar-refractivity contribution in [3.05, 3.63) is 29.3 Å². The summed E-state index contributed by atoms with van der Waals surface area (Å²) in [6.07, 6.45) is -0.495. The Balaban J connectivity index is 0.00000288. The standard InChI is InChI=1S/C14H20ClN3O4S.ClH/c1-18(23(21,22)12-4-2-11(15)3-5-12)9-14(20)17-7-10-6-16-8-13(10)19;/h2-5,10,13,16,19H,6-9H2,1H3,(H,17,20);1H. The van der Waals surface area contributed by atoms with Gasteiger partial charge in [-0.05, 0) is 24.3 Å². The molecule has 0 radical (unpaired) electrons. The summed E-state index contributed by atoms with van der Waals surface area (Å²) >= 11 is 5.74. The fraction of sp³-hybridized carbons (Fsp3) is 0.500. The number of amides is 1. The predicted octanol–water partition coefficient (Wildman–Crippen LogP) is 0.0788. The van der Waals surface area contributed by atoms with Crippen LogP contribution in [0.15, 0.2) is 29.2 Å². The molecule has 0 aliphatic carbocycles. The zero-order valence-electron chi connectivity index (χ0n) is 13.1. The van der Waals surface area contributed by atoms with Gasteiger partial charge >= 0.3 is 0 Å². The van der Waals surface area contributed by atoms with Crippen molar-refractivity contribution < 1.29 is 18.3 Å². The molecule has 1 fully saturated rings. The molecule has 1 heterocycles. The lowest BCUT2D eigenvalue weighted by molar-refractivity contribution is -0.121. The molecule has 0 saturated carbocycles. The molecule has 2 rings (SSSR count). The molecule has 1 aromatic carbocycles. The van der Waals surface area contributed by atoms with E-state index in [0.717, 1.165) is 4.31 Å². The molecule has 0 aromatic heterocycles. The number of hydrogen-bond donors (Lipinski definition) is 3. The van der Waals surface area contributed by atoms with Gasteiger partial charge in [-0.15, -0.1) is 12.4 Å². The van der Waals surface area contributed by atoms with Crippen LogP contribution in [0.5, 0.6) is 0 Å². The number of nitrogens with zero attached hydrogens (tertiary/aromatic N) is 1. The van der Waals surface area contributed by atoms with E-state index in [0.29, 0.717) is 24.7 Å². The Hall–Kier alpha value is -0.900. The minimum atomic E-state index is -3.75. The van der Waals surface area contributed by atoms with Gasteiger partial charge in [-0.2, -0.15) is 4.31 Å². The third kappa shape index (κ3) is 5.30. The highest BCUT2D eigenvalue weighted by Gasteiger charge is 2.26. The van der Waals surface area contributed by atoms with Crippen molar-refractivity contribution in [2.45, 2.75) is 11.0 Å². The summed E-state index contributed by atoms with van der Waals surface area (Å²) in [5, 5.41) is 15.8. The van der Waals surface area contributed by atoms with Gasteiger partial charge in [0.15, 0.2) is 0 Å². The highest BCUT2D eigenvalue weighted by Crippen LogP contribution is 2.17. The average molecular weight is 398 g/mol. The van der Waals surface area contributed by atoms with Crippen LogP contribution in [0, 0.1) is 5.92 Å². The summed E-state index contributed by atoms with van der Waals surface area (Å²) in [6, 6.07) is 5.76. The molecule has 0 spiro atoms. The van der Waals surface area contributed by atoms with E-state index in [9.17, 15) is 18.3 Å². The summed E-state index contributed by atoms with van der Waals surface area (Å²) in [4.78, 5) is 12.0. The van der Waals surface area contributed by atoms with Gasteiger partial charge in [0.05, 0.1) is 17.5 Å². The van der Waals surface area contributed by atoms with Gasteiger partial charge < -0.3 is 15.7 Å². The number of benzene rings is 1. The quantitative estimate of drug-likeness (QED) is 0.631. The zero-order chi connectivity index (χ0) is 17.0. The van der Waals surface area contributed by atoms with E-state index in [1.165, 1.54) is 31.3 Å². The normalized spacial score (nSPS) is 20.7. The van der Waals surface area contributed by atoms with Crippen molar-refractivity contribution in [1.82, 2.24) is 14.9 Å². The monoisotopic (exact) mass is 397 g/mol. The first-order chi connectivity index (χ1) is 10.8. The first-order valence-corrected chi connectivity index (χ1v) is 9.00. The van der Waals surface area contributed by atoms with Gasteiger partial charge in [-0.25, -0.2) is 8.42 Å². The van der Waals surface area contributed by atoms with Crippen LogP contribution in [0.3, 0.4) is 0 Å². The van der Waals surface area contributed by atoms with Crippen LogP contribution in [0.1, 0.15) is 0 Å². The first-order valence-electron chi connectivity index (χ1n) is 7.18. The summed E-state index contributed by atoms with van der Waals surface area (Å²) in [7, 11) is -2.40. The Morgan fingerprint density at radius 3 is 2.54 bits per heavy atom. The second-order valence-corrected chi connectivity index (χ2v) is 7.99. The molecule has 1 amide bonds. The van der Waals surface area contributed by atoms with Crippen molar-refractivity contribution in [1.29, 1.82) is 0 Å². The maximum absolute atomic E-state index is 12.3. The number of aliphatic hydroxyl groups is 1. The number of sulfonamides is 1. The molecule has 2 atom stereocenters. The summed E-state index contributed by atoms with van der Waals surface area (Å²) in [5.41, 5.74) is 0. The van der Waals surface area contributed by atoms with Crippen molar-refractivity contribution in [2.75, 3.05) is 33.2 Å². The Morgan fingerprint density at radius 1 is 1.38 bits per heavy atom. The van der Waals surface area contributed by atoms with E-state index in [1.807, 2.05) is 0 Å². The Morgan fingerprint density at radius 2 is 2.00 bits per heavy atom. The SMILES string of the molecule is CN(CC(=O)NCC1CNCC1O)S(=O)(=O)c1ccc(Cl)cc1.Cl. The minimum Gasteiger partial charge on any atom is -0.391 e. The van der Waals surface area contributed by atoms with Gasteiger partial charge in [0.1, 0.15) is 0 Å².